The van der Waals surface area contributed by atoms with E-state index in [0.29, 0.717) is 16.5 Å². The summed E-state index contributed by atoms with van der Waals surface area (Å²) in [7, 11) is 1.77. The van der Waals surface area contributed by atoms with Gasteiger partial charge in [0.05, 0.1) is 11.1 Å². The molecule has 1 amide bonds. The number of nitrogens with zero attached hydrogens (tertiary/aromatic N) is 4. The molecule has 1 N–H and O–H groups in total. The second-order valence-electron chi connectivity index (χ2n) is 3.80. The molecule has 0 saturated heterocycles. The quantitative estimate of drug-likeness (QED) is 0.909. The van der Waals surface area contributed by atoms with Crippen molar-refractivity contribution in [1.82, 2.24) is 25.1 Å². The number of pyridine rings is 1. The van der Waals surface area contributed by atoms with Gasteiger partial charge in [0.15, 0.2) is 0 Å². The van der Waals surface area contributed by atoms with Crippen LogP contribution in [0.3, 0.4) is 0 Å². The van der Waals surface area contributed by atoms with Crippen molar-refractivity contribution in [2.24, 2.45) is 7.05 Å². The number of amides is 1. The molecule has 2 rings (SSSR count). The molecule has 1 atom stereocenters. The van der Waals surface area contributed by atoms with Crippen LogP contribution in [-0.4, -0.2) is 25.7 Å². The zero-order chi connectivity index (χ0) is 13.1. The van der Waals surface area contributed by atoms with Crippen LogP contribution in [0, 0.1) is 0 Å². The van der Waals surface area contributed by atoms with E-state index in [1.807, 2.05) is 6.92 Å². The highest BCUT2D eigenvalue weighted by atomic mass is 35.5. The van der Waals surface area contributed by atoms with E-state index in [9.17, 15) is 4.79 Å². The summed E-state index contributed by atoms with van der Waals surface area (Å²) >= 11 is 5.71. The molecule has 0 aromatic carbocycles. The van der Waals surface area contributed by atoms with Crippen LogP contribution in [0.4, 0.5) is 0 Å². The van der Waals surface area contributed by atoms with E-state index in [1.54, 1.807) is 23.9 Å². The molecule has 18 heavy (non-hydrogen) atoms. The lowest BCUT2D eigenvalue weighted by Gasteiger charge is -2.12. The van der Waals surface area contributed by atoms with Crippen molar-refractivity contribution in [1.29, 1.82) is 0 Å². The standard InChI is InChI=1S/C11H12ClN5O/c1-7(10-14-6-15-17(10)2)16-11(18)9-4-3-8(12)5-13-9/h3-7H,1-2H3,(H,16,18). The predicted molar refractivity (Wildman–Crippen MR) is 66.1 cm³/mol. The van der Waals surface area contributed by atoms with Crippen molar-refractivity contribution >= 4 is 17.5 Å². The van der Waals surface area contributed by atoms with Crippen LogP contribution >= 0.6 is 11.6 Å². The molecule has 0 aliphatic heterocycles. The Morgan fingerprint density at radius 2 is 2.22 bits per heavy atom. The van der Waals surface area contributed by atoms with Crippen molar-refractivity contribution in [2.75, 3.05) is 0 Å². The molecule has 2 aromatic heterocycles. The smallest absolute Gasteiger partial charge is 0.270 e. The van der Waals surface area contributed by atoms with Crippen molar-refractivity contribution in [3.63, 3.8) is 0 Å². The minimum absolute atomic E-state index is 0.248. The van der Waals surface area contributed by atoms with Gasteiger partial charge in [-0.15, -0.1) is 0 Å². The van der Waals surface area contributed by atoms with Crippen LogP contribution in [0.5, 0.6) is 0 Å². The van der Waals surface area contributed by atoms with Gasteiger partial charge < -0.3 is 5.32 Å². The Bertz CT molecular complexity index is 551. The molecular weight excluding hydrogens is 254 g/mol. The maximum atomic E-state index is 11.9. The third kappa shape index (κ3) is 2.65. The topological polar surface area (TPSA) is 72.7 Å². The molecular formula is C11H12ClN5O. The molecule has 2 heterocycles. The number of hydrogen-bond donors (Lipinski definition) is 1. The lowest BCUT2D eigenvalue weighted by molar-refractivity contribution is 0.0932. The van der Waals surface area contributed by atoms with Gasteiger partial charge in [0.1, 0.15) is 17.8 Å². The fourth-order valence-electron chi connectivity index (χ4n) is 1.54. The van der Waals surface area contributed by atoms with Crippen LogP contribution in [-0.2, 0) is 7.05 Å². The Balaban J connectivity index is 2.08. The largest absolute Gasteiger partial charge is 0.341 e. The first-order valence-corrected chi connectivity index (χ1v) is 5.72. The average molecular weight is 266 g/mol. The summed E-state index contributed by atoms with van der Waals surface area (Å²) < 4.78 is 1.61. The lowest BCUT2D eigenvalue weighted by Crippen LogP contribution is -2.29. The average Bonchev–Trinajstić information content (AvgIpc) is 2.76. The van der Waals surface area contributed by atoms with Crippen molar-refractivity contribution < 1.29 is 4.79 Å². The molecule has 7 heteroatoms. The first-order chi connectivity index (χ1) is 8.58. The van der Waals surface area contributed by atoms with Gasteiger partial charge in [-0.2, -0.15) is 5.10 Å². The monoisotopic (exact) mass is 265 g/mol. The van der Waals surface area contributed by atoms with E-state index in [-0.39, 0.29) is 11.9 Å². The van der Waals surface area contributed by atoms with Crippen molar-refractivity contribution in [2.45, 2.75) is 13.0 Å². The minimum Gasteiger partial charge on any atom is -0.341 e. The summed E-state index contributed by atoms with van der Waals surface area (Å²) in [6.45, 7) is 1.83. The highest BCUT2D eigenvalue weighted by Crippen LogP contribution is 2.10. The second kappa shape index (κ2) is 5.14. The molecule has 2 aromatic rings. The predicted octanol–water partition coefficient (Wildman–Crippen LogP) is 1.35. The van der Waals surface area contributed by atoms with Crippen LogP contribution in [0.15, 0.2) is 24.7 Å². The fraction of sp³-hybridized carbons (Fsp3) is 0.273. The zero-order valence-electron chi connectivity index (χ0n) is 9.96. The Kier molecular flexibility index (Phi) is 3.57. The molecule has 0 aliphatic carbocycles. The Hall–Kier alpha value is -1.95. The number of carbonyl (C=O) groups excluding carboxylic acids is 1. The molecule has 0 spiro atoms. The molecule has 0 radical (unpaired) electrons. The van der Waals surface area contributed by atoms with Gasteiger partial charge in [-0.3, -0.25) is 9.48 Å². The van der Waals surface area contributed by atoms with Gasteiger partial charge in [0.2, 0.25) is 0 Å². The fourth-order valence-corrected chi connectivity index (χ4v) is 1.65. The lowest BCUT2D eigenvalue weighted by atomic mass is 10.2. The molecule has 0 bridgehead atoms. The van der Waals surface area contributed by atoms with Crippen LogP contribution < -0.4 is 5.32 Å². The third-order valence-corrected chi connectivity index (χ3v) is 2.66. The third-order valence-electron chi connectivity index (χ3n) is 2.44. The maximum absolute atomic E-state index is 11.9. The summed E-state index contributed by atoms with van der Waals surface area (Å²) in [5.74, 6) is 0.402. The Labute approximate surface area is 109 Å². The van der Waals surface area contributed by atoms with Crippen molar-refractivity contribution in [3.8, 4) is 0 Å². The Morgan fingerprint density at radius 3 is 2.78 bits per heavy atom. The molecule has 1 unspecified atom stereocenters. The SMILES string of the molecule is CC(NC(=O)c1ccc(Cl)cn1)c1ncnn1C. The minimum atomic E-state index is -0.276. The number of halogens is 1. The van der Waals surface area contributed by atoms with E-state index in [2.05, 4.69) is 20.4 Å². The number of rotatable bonds is 3. The number of nitrogens with one attached hydrogen (secondary N) is 1. The van der Waals surface area contributed by atoms with Crippen LogP contribution in [0.1, 0.15) is 29.3 Å². The summed E-state index contributed by atoms with van der Waals surface area (Å²) in [5, 5.41) is 7.23. The first-order valence-electron chi connectivity index (χ1n) is 5.34. The van der Waals surface area contributed by atoms with Crippen LogP contribution in [0.2, 0.25) is 5.02 Å². The summed E-state index contributed by atoms with van der Waals surface area (Å²) in [4.78, 5) is 19.9. The Morgan fingerprint density at radius 1 is 1.44 bits per heavy atom. The van der Waals surface area contributed by atoms with E-state index in [0.717, 1.165) is 0 Å². The molecule has 0 fully saturated rings. The molecule has 0 saturated carbocycles. The van der Waals surface area contributed by atoms with E-state index < -0.39 is 0 Å². The van der Waals surface area contributed by atoms with Crippen molar-refractivity contribution in [3.05, 3.63) is 41.2 Å². The van der Waals surface area contributed by atoms with E-state index >= 15 is 0 Å². The second-order valence-corrected chi connectivity index (χ2v) is 4.24. The van der Waals surface area contributed by atoms with Gasteiger partial charge in [0.25, 0.3) is 5.91 Å². The zero-order valence-corrected chi connectivity index (χ0v) is 10.7. The number of hydrogen-bond acceptors (Lipinski definition) is 4. The van der Waals surface area contributed by atoms with Gasteiger partial charge >= 0.3 is 0 Å². The number of aryl methyl sites for hydroxylation is 1. The summed E-state index contributed by atoms with van der Waals surface area (Å²) in [5.41, 5.74) is 0.313. The van der Waals surface area contributed by atoms with E-state index in [1.165, 1.54) is 12.5 Å². The van der Waals surface area contributed by atoms with E-state index in [4.69, 9.17) is 11.6 Å². The molecule has 0 aliphatic rings. The highest BCUT2D eigenvalue weighted by Gasteiger charge is 2.15. The number of aromatic nitrogens is 4. The van der Waals surface area contributed by atoms with Crippen LogP contribution in [0.25, 0.3) is 0 Å². The highest BCUT2D eigenvalue weighted by molar-refractivity contribution is 6.30. The van der Waals surface area contributed by atoms with Gasteiger partial charge in [-0.05, 0) is 19.1 Å². The molecule has 94 valence electrons. The molecule has 6 nitrogen and oxygen atoms in total. The summed E-state index contributed by atoms with van der Waals surface area (Å²) in [6.07, 6.45) is 2.88. The summed E-state index contributed by atoms with van der Waals surface area (Å²) in [6, 6.07) is 2.94. The maximum Gasteiger partial charge on any atom is 0.270 e. The first kappa shape index (κ1) is 12.5. The number of carbonyl (C=O) groups is 1. The van der Waals surface area contributed by atoms with Gasteiger partial charge in [0, 0.05) is 13.2 Å². The van der Waals surface area contributed by atoms with Gasteiger partial charge in [-0.1, -0.05) is 11.6 Å². The van der Waals surface area contributed by atoms with Gasteiger partial charge in [-0.25, -0.2) is 9.97 Å². The normalized spacial score (nSPS) is 12.2.